The summed E-state index contributed by atoms with van der Waals surface area (Å²) in [5, 5.41) is 8.96. The van der Waals surface area contributed by atoms with E-state index in [0.717, 1.165) is 31.5 Å². The van der Waals surface area contributed by atoms with Gasteiger partial charge in [0.15, 0.2) is 0 Å². The number of nitrogens with zero attached hydrogens (tertiary/aromatic N) is 4. The average molecular weight is 275 g/mol. The number of aromatic nitrogens is 4. The van der Waals surface area contributed by atoms with Crippen molar-refractivity contribution in [3.63, 3.8) is 0 Å². The second kappa shape index (κ2) is 6.22. The van der Waals surface area contributed by atoms with E-state index in [4.69, 9.17) is 10.8 Å². The maximum absolute atomic E-state index is 6.13. The first-order chi connectivity index (χ1) is 9.58. The Morgan fingerprint density at radius 2 is 2.05 bits per heavy atom. The molecule has 1 unspecified atom stereocenters. The van der Waals surface area contributed by atoms with Gasteiger partial charge in [-0.25, -0.2) is 0 Å². The highest BCUT2D eigenvalue weighted by Gasteiger charge is 2.18. The largest absolute Gasteiger partial charge is 0.324 e. The van der Waals surface area contributed by atoms with Crippen LogP contribution in [0, 0.1) is 0 Å². The molecule has 0 aliphatic rings. The minimum Gasteiger partial charge on any atom is -0.324 e. The SMILES string of the molecule is CCc1nn(CCc2ccnn2C)c(CC)c1C(C)N. The number of nitrogens with two attached hydrogens (primary N) is 1. The molecule has 0 aliphatic heterocycles. The van der Waals surface area contributed by atoms with E-state index in [9.17, 15) is 0 Å². The first-order valence-corrected chi connectivity index (χ1v) is 7.39. The van der Waals surface area contributed by atoms with E-state index in [1.165, 1.54) is 17.0 Å². The van der Waals surface area contributed by atoms with Gasteiger partial charge in [0.1, 0.15) is 0 Å². The van der Waals surface area contributed by atoms with Crippen molar-refractivity contribution < 1.29 is 0 Å². The van der Waals surface area contributed by atoms with Crippen LogP contribution in [0.2, 0.25) is 0 Å². The van der Waals surface area contributed by atoms with E-state index >= 15 is 0 Å². The highest BCUT2D eigenvalue weighted by molar-refractivity contribution is 5.29. The van der Waals surface area contributed by atoms with Gasteiger partial charge < -0.3 is 5.73 Å². The van der Waals surface area contributed by atoms with Crippen LogP contribution in [0.25, 0.3) is 0 Å². The van der Waals surface area contributed by atoms with Crippen molar-refractivity contribution in [1.29, 1.82) is 0 Å². The summed E-state index contributed by atoms with van der Waals surface area (Å²) < 4.78 is 4.05. The Kier molecular flexibility index (Phi) is 4.60. The lowest BCUT2D eigenvalue weighted by molar-refractivity contribution is 0.559. The molecule has 0 fully saturated rings. The fourth-order valence-corrected chi connectivity index (χ4v) is 2.78. The van der Waals surface area contributed by atoms with Crippen LogP contribution in [0.1, 0.15) is 49.5 Å². The van der Waals surface area contributed by atoms with Crippen LogP contribution in [0.15, 0.2) is 12.3 Å². The van der Waals surface area contributed by atoms with Crippen molar-refractivity contribution in [2.24, 2.45) is 12.8 Å². The monoisotopic (exact) mass is 275 g/mol. The average Bonchev–Trinajstić information content (AvgIpc) is 2.99. The van der Waals surface area contributed by atoms with Crippen molar-refractivity contribution >= 4 is 0 Å². The third kappa shape index (κ3) is 2.77. The topological polar surface area (TPSA) is 61.7 Å². The lowest BCUT2D eigenvalue weighted by atomic mass is 10.0. The summed E-state index contributed by atoms with van der Waals surface area (Å²) in [5.74, 6) is 0. The first kappa shape index (κ1) is 14.8. The summed E-state index contributed by atoms with van der Waals surface area (Å²) in [6, 6.07) is 2.10. The zero-order valence-corrected chi connectivity index (χ0v) is 12.9. The maximum atomic E-state index is 6.13. The highest BCUT2D eigenvalue weighted by atomic mass is 15.3. The number of rotatable bonds is 6. The van der Waals surface area contributed by atoms with Crippen molar-refractivity contribution in [3.05, 3.63) is 34.9 Å². The minimum absolute atomic E-state index is 0.0466. The number of hydrogen-bond acceptors (Lipinski definition) is 3. The van der Waals surface area contributed by atoms with Gasteiger partial charge in [-0.1, -0.05) is 13.8 Å². The fraction of sp³-hybridized carbons (Fsp3) is 0.600. The van der Waals surface area contributed by atoms with Gasteiger partial charge in [0.25, 0.3) is 0 Å². The van der Waals surface area contributed by atoms with Gasteiger partial charge in [-0.15, -0.1) is 0 Å². The molecule has 2 heterocycles. The lowest BCUT2D eigenvalue weighted by Crippen LogP contribution is -2.12. The van der Waals surface area contributed by atoms with E-state index in [1.54, 1.807) is 0 Å². The van der Waals surface area contributed by atoms with Crippen LogP contribution in [-0.2, 0) is 32.9 Å². The first-order valence-electron chi connectivity index (χ1n) is 7.39. The molecule has 0 spiro atoms. The lowest BCUT2D eigenvalue weighted by Gasteiger charge is -2.10. The molecule has 1 atom stereocenters. The van der Waals surface area contributed by atoms with Crippen molar-refractivity contribution in [1.82, 2.24) is 19.6 Å². The molecule has 0 aromatic carbocycles. The molecule has 0 radical (unpaired) electrons. The third-order valence-corrected chi connectivity index (χ3v) is 3.80. The van der Waals surface area contributed by atoms with Crippen LogP contribution in [0.5, 0.6) is 0 Å². The smallest absolute Gasteiger partial charge is 0.0672 e. The van der Waals surface area contributed by atoms with Gasteiger partial charge in [-0.3, -0.25) is 9.36 Å². The Bertz CT molecular complexity index is 565. The van der Waals surface area contributed by atoms with E-state index in [0.29, 0.717) is 0 Å². The van der Waals surface area contributed by atoms with E-state index in [1.807, 2.05) is 24.9 Å². The van der Waals surface area contributed by atoms with Gasteiger partial charge in [0.2, 0.25) is 0 Å². The van der Waals surface area contributed by atoms with E-state index in [2.05, 4.69) is 29.7 Å². The minimum atomic E-state index is 0.0466. The molecule has 0 saturated carbocycles. The van der Waals surface area contributed by atoms with Crippen molar-refractivity contribution in [2.75, 3.05) is 0 Å². The molecule has 0 aliphatic carbocycles. The molecule has 2 rings (SSSR count). The second-order valence-electron chi connectivity index (χ2n) is 5.22. The molecular weight excluding hydrogens is 250 g/mol. The molecule has 110 valence electrons. The second-order valence-corrected chi connectivity index (χ2v) is 5.22. The Hall–Kier alpha value is -1.62. The maximum Gasteiger partial charge on any atom is 0.0672 e. The molecule has 5 heteroatoms. The molecule has 2 aromatic rings. The molecular formula is C15H25N5. The van der Waals surface area contributed by atoms with Crippen LogP contribution in [0.4, 0.5) is 0 Å². The third-order valence-electron chi connectivity index (χ3n) is 3.80. The zero-order chi connectivity index (χ0) is 14.7. The molecule has 2 N–H and O–H groups in total. The molecule has 0 saturated heterocycles. The summed E-state index contributed by atoms with van der Waals surface area (Å²) in [5.41, 5.74) is 11.0. The molecule has 0 bridgehead atoms. The van der Waals surface area contributed by atoms with Gasteiger partial charge in [-0.2, -0.15) is 10.2 Å². The molecule has 5 nitrogen and oxygen atoms in total. The van der Waals surface area contributed by atoms with Crippen LogP contribution in [0.3, 0.4) is 0 Å². The summed E-state index contributed by atoms with van der Waals surface area (Å²) in [6.45, 7) is 7.23. The predicted octanol–water partition coefficient (Wildman–Crippen LogP) is 2.00. The molecule has 20 heavy (non-hydrogen) atoms. The van der Waals surface area contributed by atoms with Gasteiger partial charge in [0, 0.05) is 49.2 Å². The van der Waals surface area contributed by atoms with Gasteiger partial charge >= 0.3 is 0 Å². The zero-order valence-electron chi connectivity index (χ0n) is 12.9. The normalized spacial score (nSPS) is 12.8. The summed E-state index contributed by atoms with van der Waals surface area (Å²) >= 11 is 0. The van der Waals surface area contributed by atoms with Crippen molar-refractivity contribution in [3.8, 4) is 0 Å². The number of hydrogen-bond donors (Lipinski definition) is 1. The standard InChI is InChI=1S/C15H25N5/c1-5-13-15(11(3)16)14(6-2)20(18-13)10-8-12-7-9-17-19(12)4/h7,9,11H,5-6,8,10,16H2,1-4H3. The Labute approximate surface area is 120 Å². The van der Waals surface area contributed by atoms with E-state index in [-0.39, 0.29) is 6.04 Å². The predicted molar refractivity (Wildman–Crippen MR) is 80.5 cm³/mol. The molecule has 0 amide bonds. The molecule has 2 aromatic heterocycles. The summed E-state index contributed by atoms with van der Waals surface area (Å²) in [4.78, 5) is 0. The van der Waals surface area contributed by atoms with Gasteiger partial charge in [0.05, 0.1) is 5.69 Å². The Morgan fingerprint density at radius 1 is 1.30 bits per heavy atom. The highest BCUT2D eigenvalue weighted by Crippen LogP contribution is 2.22. The summed E-state index contributed by atoms with van der Waals surface area (Å²) in [6.07, 6.45) is 4.68. The van der Waals surface area contributed by atoms with Crippen LogP contribution < -0.4 is 5.73 Å². The number of aryl methyl sites for hydroxylation is 4. The Morgan fingerprint density at radius 3 is 2.55 bits per heavy atom. The fourth-order valence-electron chi connectivity index (χ4n) is 2.78. The van der Waals surface area contributed by atoms with Crippen molar-refractivity contribution in [2.45, 2.75) is 52.6 Å². The Balaban J connectivity index is 2.25. The van der Waals surface area contributed by atoms with E-state index < -0.39 is 0 Å². The quantitative estimate of drug-likeness (QED) is 0.877. The van der Waals surface area contributed by atoms with Crippen LogP contribution in [-0.4, -0.2) is 19.6 Å². The van der Waals surface area contributed by atoms with Crippen LogP contribution >= 0.6 is 0 Å². The van der Waals surface area contributed by atoms with Gasteiger partial charge in [-0.05, 0) is 25.8 Å². The summed E-state index contributed by atoms with van der Waals surface area (Å²) in [7, 11) is 1.98.